The standard InChI is InChI=1S/C19H22.CHF3O3S/c1-2-3-4-5-9-15-11-8-13-18-17-12-7-6-10-16(17)14-19(15)18;2-1(3,4)8(5,6)7/h6-8,10-13H,2-5,9,14H2,1H3;(H,5,6,7). The van der Waals surface area contributed by atoms with E-state index in [-0.39, 0.29) is 0 Å². The van der Waals surface area contributed by atoms with Crippen molar-refractivity contribution in [3.8, 4) is 11.1 Å². The molecule has 3 nitrogen and oxygen atoms in total. The molecule has 0 amide bonds. The lowest BCUT2D eigenvalue weighted by atomic mass is 9.97. The Balaban J connectivity index is 0.000000279. The minimum atomic E-state index is -5.84. The molecule has 148 valence electrons. The number of fused-ring (bicyclic) bond motifs is 3. The zero-order valence-electron chi connectivity index (χ0n) is 15.1. The van der Waals surface area contributed by atoms with Crippen LogP contribution in [0.2, 0.25) is 0 Å². The summed E-state index contributed by atoms with van der Waals surface area (Å²) in [5.41, 5.74) is 2.05. The van der Waals surface area contributed by atoms with E-state index in [4.69, 9.17) is 13.0 Å². The largest absolute Gasteiger partial charge is 0.522 e. The molecule has 0 aromatic heterocycles. The van der Waals surface area contributed by atoms with Crippen LogP contribution in [0.3, 0.4) is 0 Å². The summed E-state index contributed by atoms with van der Waals surface area (Å²) in [7, 11) is -5.84. The van der Waals surface area contributed by atoms with Gasteiger partial charge in [-0.1, -0.05) is 68.7 Å². The van der Waals surface area contributed by atoms with Gasteiger partial charge in [0.1, 0.15) is 0 Å². The van der Waals surface area contributed by atoms with E-state index in [1.807, 2.05) is 0 Å². The van der Waals surface area contributed by atoms with Gasteiger partial charge in [-0.25, -0.2) is 0 Å². The first-order valence-electron chi connectivity index (χ1n) is 8.88. The molecule has 27 heavy (non-hydrogen) atoms. The highest BCUT2D eigenvalue weighted by molar-refractivity contribution is 7.86. The van der Waals surface area contributed by atoms with Crippen LogP contribution in [0.4, 0.5) is 13.2 Å². The van der Waals surface area contributed by atoms with Gasteiger partial charge in [0, 0.05) is 0 Å². The van der Waals surface area contributed by atoms with Crippen LogP contribution in [0, 0.1) is 0 Å². The number of aryl methyl sites for hydroxylation is 1. The van der Waals surface area contributed by atoms with Crippen LogP contribution in [0.25, 0.3) is 11.1 Å². The summed E-state index contributed by atoms with van der Waals surface area (Å²) >= 11 is 0. The molecular formula is C20H23F3O3S. The van der Waals surface area contributed by atoms with E-state index in [9.17, 15) is 13.2 Å². The summed E-state index contributed by atoms with van der Waals surface area (Å²) in [6.07, 6.45) is 7.77. The summed E-state index contributed by atoms with van der Waals surface area (Å²) in [5, 5.41) is 0. The van der Waals surface area contributed by atoms with Crippen molar-refractivity contribution in [1.29, 1.82) is 0 Å². The van der Waals surface area contributed by atoms with Gasteiger partial charge < -0.3 is 0 Å². The average Bonchev–Trinajstić information content (AvgIpc) is 2.97. The Morgan fingerprint density at radius 1 is 0.963 bits per heavy atom. The number of unbranched alkanes of at least 4 members (excludes halogenated alkanes) is 3. The zero-order valence-corrected chi connectivity index (χ0v) is 15.9. The van der Waals surface area contributed by atoms with Crippen molar-refractivity contribution < 1.29 is 26.1 Å². The Morgan fingerprint density at radius 2 is 1.59 bits per heavy atom. The van der Waals surface area contributed by atoms with Crippen LogP contribution in [0.5, 0.6) is 0 Å². The lowest BCUT2D eigenvalue weighted by Crippen LogP contribution is -2.21. The molecular weight excluding hydrogens is 377 g/mol. The van der Waals surface area contributed by atoms with Gasteiger partial charge in [0.25, 0.3) is 0 Å². The van der Waals surface area contributed by atoms with E-state index in [0.29, 0.717) is 0 Å². The van der Waals surface area contributed by atoms with Gasteiger partial charge in [0.15, 0.2) is 0 Å². The lowest BCUT2D eigenvalue weighted by Gasteiger charge is -2.08. The molecule has 1 aliphatic rings. The second kappa shape index (κ2) is 8.89. The molecule has 0 fully saturated rings. The first-order chi connectivity index (χ1) is 12.6. The van der Waals surface area contributed by atoms with Crippen molar-refractivity contribution >= 4 is 10.1 Å². The second-order valence-electron chi connectivity index (χ2n) is 6.51. The molecule has 2 aromatic rings. The molecule has 1 N–H and O–H groups in total. The number of hydrogen-bond donors (Lipinski definition) is 1. The maximum absolute atomic E-state index is 10.7. The van der Waals surface area contributed by atoms with Gasteiger partial charge in [0.2, 0.25) is 0 Å². The predicted octanol–water partition coefficient (Wildman–Crippen LogP) is 5.77. The first-order valence-corrected chi connectivity index (χ1v) is 10.3. The normalized spacial score (nSPS) is 12.8. The highest BCUT2D eigenvalue weighted by Gasteiger charge is 2.44. The number of benzene rings is 2. The van der Waals surface area contributed by atoms with Crippen LogP contribution in [-0.4, -0.2) is 18.5 Å². The number of hydrogen-bond acceptors (Lipinski definition) is 2. The van der Waals surface area contributed by atoms with Crippen molar-refractivity contribution in [2.45, 2.75) is 51.0 Å². The molecule has 0 radical (unpaired) electrons. The third-order valence-corrected chi connectivity index (χ3v) is 5.12. The summed E-state index contributed by atoms with van der Waals surface area (Å²) in [5.74, 6) is 0. The molecule has 1 aliphatic carbocycles. The zero-order chi connectivity index (χ0) is 20.1. The van der Waals surface area contributed by atoms with Crippen molar-refractivity contribution in [2.24, 2.45) is 0 Å². The Kier molecular flexibility index (Phi) is 7.06. The van der Waals surface area contributed by atoms with E-state index in [1.165, 1.54) is 48.8 Å². The molecule has 0 saturated heterocycles. The number of alkyl halides is 3. The highest BCUT2D eigenvalue weighted by Crippen LogP contribution is 2.38. The van der Waals surface area contributed by atoms with Gasteiger partial charge >= 0.3 is 15.6 Å². The van der Waals surface area contributed by atoms with Gasteiger partial charge in [-0.05, 0) is 47.1 Å². The van der Waals surface area contributed by atoms with Crippen LogP contribution in [0.1, 0.15) is 49.3 Å². The smallest absolute Gasteiger partial charge is 0.279 e. The maximum Gasteiger partial charge on any atom is 0.522 e. The summed E-state index contributed by atoms with van der Waals surface area (Å²) in [6.45, 7) is 2.27. The van der Waals surface area contributed by atoms with Crippen LogP contribution >= 0.6 is 0 Å². The van der Waals surface area contributed by atoms with E-state index in [2.05, 4.69) is 49.4 Å². The summed E-state index contributed by atoms with van der Waals surface area (Å²) in [6, 6.07) is 15.7. The Bertz CT molecular complexity index is 874. The van der Waals surface area contributed by atoms with Crippen LogP contribution in [-0.2, 0) is 23.0 Å². The van der Waals surface area contributed by atoms with Crippen LogP contribution < -0.4 is 0 Å². The average molecular weight is 400 g/mol. The summed E-state index contributed by atoms with van der Waals surface area (Å²) < 4.78 is 57.5. The minimum absolute atomic E-state index is 1.13. The fourth-order valence-corrected chi connectivity index (χ4v) is 3.20. The lowest BCUT2D eigenvalue weighted by molar-refractivity contribution is -0.0510. The highest BCUT2D eigenvalue weighted by atomic mass is 32.2. The molecule has 3 rings (SSSR count). The third kappa shape index (κ3) is 5.56. The van der Waals surface area contributed by atoms with Gasteiger partial charge in [0.05, 0.1) is 0 Å². The van der Waals surface area contributed by atoms with Gasteiger partial charge in [-0.3, -0.25) is 4.55 Å². The summed E-state index contributed by atoms with van der Waals surface area (Å²) in [4.78, 5) is 0. The molecule has 0 spiro atoms. The quantitative estimate of drug-likeness (QED) is 0.336. The van der Waals surface area contributed by atoms with Crippen molar-refractivity contribution in [1.82, 2.24) is 0 Å². The van der Waals surface area contributed by atoms with E-state index < -0.39 is 15.6 Å². The molecule has 0 atom stereocenters. The van der Waals surface area contributed by atoms with Gasteiger partial charge in [-0.2, -0.15) is 21.6 Å². The van der Waals surface area contributed by atoms with Crippen molar-refractivity contribution in [3.63, 3.8) is 0 Å². The van der Waals surface area contributed by atoms with Crippen molar-refractivity contribution in [3.05, 3.63) is 59.2 Å². The minimum Gasteiger partial charge on any atom is -0.279 e. The SMILES string of the molecule is CCCCCCc1cccc2c1Cc1ccccc1-2.O=S(=O)(O)C(F)(F)F. The Morgan fingerprint density at radius 3 is 2.22 bits per heavy atom. The van der Waals surface area contributed by atoms with E-state index in [1.54, 1.807) is 11.1 Å². The second-order valence-corrected chi connectivity index (χ2v) is 7.92. The molecule has 2 aromatic carbocycles. The van der Waals surface area contributed by atoms with E-state index in [0.717, 1.165) is 6.42 Å². The van der Waals surface area contributed by atoms with Crippen LogP contribution in [0.15, 0.2) is 42.5 Å². The third-order valence-electron chi connectivity index (χ3n) is 4.54. The fourth-order valence-electron chi connectivity index (χ4n) is 3.20. The van der Waals surface area contributed by atoms with Crippen molar-refractivity contribution in [2.75, 3.05) is 0 Å². The fraction of sp³-hybridized carbons (Fsp3) is 0.400. The molecule has 0 unspecified atom stereocenters. The topological polar surface area (TPSA) is 54.4 Å². The number of halogens is 3. The Hall–Kier alpha value is -1.86. The Labute approximate surface area is 158 Å². The maximum atomic E-state index is 10.7. The monoisotopic (exact) mass is 400 g/mol. The van der Waals surface area contributed by atoms with E-state index >= 15 is 0 Å². The molecule has 0 bridgehead atoms. The molecule has 0 saturated carbocycles. The van der Waals surface area contributed by atoms with Gasteiger partial charge in [-0.15, -0.1) is 0 Å². The first kappa shape index (κ1) is 21.4. The predicted molar refractivity (Wildman–Crippen MR) is 100 cm³/mol. The number of rotatable bonds is 5. The molecule has 0 aliphatic heterocycles. The molecule has 0 heterocycles. The molecule has 7 heteroatoms.